The van der Waals surface area contributed by atoms with E-state index in [9.17, 15) is 9.59 Å². The Hall–Kier alpha value is -2.86. The molecule has 0 aliphatic rings. The van der Waals surface area contributed by atoms with Gasteiger partial charge in [-0.25, -0.2) is 4.98 Å². The molecule has 0 aliphatic heterocycles. The first-order valence-corrected chi connectivity index (χ1v) is 23.7. The molecule has 56 heavy (non-hydrogen) atoms. The van der Waals surface area contributed by atoms with Gasteiger partial charge in [0.15, 0.2) is 0 Å². The van der Waals surface area contributed by atoms with Crippen molar-refractivity contribution in [3.05, 3.63) is 23.8 Å². The zero-order valence-corrected chi connectivity index (χ0v) is 36.9. The van der Waals surface area contributed by atoms with E-state index in [0.29, 0.717) is 24.6 Å². The Balaban J connectivity index is 2.31. The summed E-state index contributed by atoms with van der Waals surface area (Å²) in [6, 6.07) is 0. The lowest BCUT2D eigenvalue weighted by Crippen LogP contribution is -2.18. The SMILES string of the molecule is CCCCCCCC(CCCCCCC)C(=O)OCCCCCC#Cc1cncc(C#CCCCCCOC(=O)C(CCCCCCC)CCCCCCC)n1. The Morgan fingerprint density at radius 2 is 0.786 bits per heavy atom. The van der Waals surface area contributed by atoms with Crippen molar-refractivity contribution in [2.45, 2.75) is 233 Å². The monoisotopic (exact) mass is 777 g/mol. The van der Waals surface area contributed by atoms with Gasteiger partial charge >= 0.3 is 11.9 Å². The zero-order chi connectivity index (χ0) is 40.6. The standard InChI is InChI=1S/C50H84N2O4/c1-5-9-13-19-27-35-45(36-28-20-14-10-6-2)49(53)55-41-33-25-17-23-31-39-47-43-51-44-48(52-47)40-32-24-18-26-34-42-56-50(54)46(37-29-21-15-11-7-3)38-30-22-16-12-8-4/h43-46H,5-30,33-38,41-42H2,1-4H3. The van der Waals surface area contributed by atoms with Crippen molar-refractivity contribution in [2.24, 2.45) is 11.8 Å². The molecule has 0 atom stereocenters. The Bertz CT molecular complexity index is 1090. The highest BCUT2D eigenvalue weighted by atomic mass is 16.5. The average Bonchev–Trinajstić information content (AvgIpc) is 3.20. The Labute approximate surface area is 345 Å². The third-order valence-electron chi connectivity index (χ3n) is 10.7. The molecule has 1 heterocycles. The first-order valence-electron chi connectivity index (χ1n) is 23.7. The number of unbranched alkanes of at least 4 members (excludes halogenated alkanes) is 22. The van der Waals surface area contributed by atoms with E-state index in [1.807, 2.05) is 0 Å². The molecule has 1 aromatic heterocycles. The van der Waals surface area contributed by atoms with Gasteiger partial charge in [-0.3, -0.25) is 14.6 Å². The second-order valence-corrected chi connectivity index (χ2v) is 16.1. The van der Waals surface area contributed by atoms with Crippen molar-refractivity contribution in [2.75, 3.05) is 13.2 Å². The number of carbonyl (C=O) groups excluding carboxylic acids is 2. The summed E-state index contributed by atoms with van der Waals surface area (Å²) in [6.07, 6.45) is 39.1. The molecule has 6 nitrogen and oxygen atoms in total. The minimum atomic E-state index is 0.0191. The molecule has 0 bridgehead atoms. The minimum Gasteiger partial charge on any atom is -0.465 e. The normalized spacial score (nSPS) is 11.0. The van der Waals surface area contributed by atoms with E-state index in [0.717, 1.165) is 103 Å². The van der Waals surface area contributed by atoms with Crippen LogP contribution in [-0.2, 0) is 19.1 Å². The smallest absolute Gasteiger partial charge is 0.308 e. The maximum Gasteiger partial charge on any atom is 0.308 e. The highest BCUT2D eigenvalue weighted by molar-refractivity contribution is 5.72. The molecule has 318 valence electrons. The van der Waals surface area contributed by atoms with E-state index in [4.69, 9.17) is 9.47 Å². The second-order valence-electron chi connectivity index (χ2n) is 16.1. The molecule has 1 rings (SSSR count). The third-order valence-corrected chi connectivity index (χ3v) is 10.7. The fraction of sp³-hybridized carbons (Fsp3) is 0.800. The van der Waals surface area contributed by atoms with E-state index >= 15 is 0 Å². The second kappa shape index (κ2) is 39.0. The molecule has 0 spiro atoms. The molecule has 0 aromatic carbocycles. The molecular formula is C50H84N2O4. The number of esters is 2. The van der Waals surface area contributed by atoms with E-state index in [1.54, 1.807) is 12.4 Å². The number of hydrogen-bond donors (Lipinski definition) is 0. The lowest BCUT2D eigenvalue weighted by Gasteiger charge is -2.16. The van der Waals surface area contributed by atoms with Crippen LogP contribution in [-0.4, -0.2) is 35.1 Å². The van der Waals surface area contributed by atoms with Gasteiger partial charge in [0, 0.05) is 12.8 Å². The van der Waals surface area contributed by atoms with E-state index in [-0.39, 0.29) is 23.8 Å². The van der Waals surface area contributed by atoms with Crippen LogP contribution in [0.2, 0.25) is 0 Å². The van der Waals surface area contributed by atoms with Crippen molar-refractivity contribution in [3.8, 4) is 23.7 Å². The summed E-state index contributed by atoms with van der Waals surface area (Å²) in [5, 5.41) is 0. The molecule has 0 aliphatic carbocycles. The quantitative estimate of drug-likeness (QED) is 0.0384. The number of rotatable bonds is 36. The van der Waals surface area contributed by atoms with Crippen LogP contribution in [0.3, 0.4) is 0 Å². The lowest BCUT2D eigenvalue weighted by atomic mass is 9.94. The number of hydrogen-bond acceptors (Lipinski definition) is 6. The van der Waals surface area contributed by atoms with Gasteiger partial charge in [0.25, 0.3) is 0 Å². The Morgan fingerprint density at radius 1 is 0.464 bits per heavy atom. The van der Waals surface area contributed by atoms with Crippen LogP contribution in [0.1, 0.15) is 245 Å². The van der Waals surface area contributed by atoms with Crippen LogP contribution in [0.4, 0.5) is 0 Å². The van der Waals surface area contributed by atoms with Crippen molar-refractivity contribution in [1.82, 2.24) is 9.97 Å². The predicted octanol–water partition coefficient (Wildman–Crippen LogP) is 14.1. The fourth-order valence-corrected chi connectivity index (χ4v) is 7.10. The first-order chi connectivity index (χ1) is 27.5. The summed E-state index contributed by atoms with van der Waals surface area (Å²) in [6.45, 7) is 9.97. The molecule has 0 saturated heterocycles. The van der Waals surface area contributed by atoms with Gasteiger partial charge in [0.1, 0.15) is 11.4 Å². The molecule has 6 heteroatoms. The largest absolute Gasteiger partial charge is 0.465 e. The average molecular weight is 777 g/mol. The highest BCUT2D eigenvalue weighted by Crippen LogP contribution is 2.22. The molecule has 0 radical (unpaired) electrons. The summed E-state index contributed by atoms with van der Waals surface area (Å²) in [7, 11) is 0. The molecule has 0 fully saturated rings. The van der Waals surface area contributed by atoms with E-state index in [2.05, 4.69) is 61.3 Å². The van der Waals surface area contributed by atoms with Gasteiger partial charge in [-0.15, -0.1) is 0 Å². The minimum absolute atomic E-state index is 0.0191. The van der Waals surface area contributed by atoms with Gasteiger partial charge in [-0.1, -0.05) is 168 Å². The fourth-order valence-electron chi connectivity index (χ4n) is 7.10. The van der Waals surface area contributed by atoms with Crippen molar-refractivity contribution < 1.29 is 19.1 Å². The maximum absolute atomic E-state index is 12.9. The van der Waals surface area contributed by atoms with Crippen LogP contribution >= 0.6 is 0 Å². The van der Waals surface area contributed by atoms with Crippen LogP contribution in [0.5, 0.6) is 0 Å². The number of nitrogens with zero attached hydrogens (tertiary/aromatic N) is 2. The van der Waals surface area contributed by atoms with Crippen LogP contribution in [0, 0.1) is 35.5 Å². The number of aromatic nitrogens is 2. The number of ether oxygens (including phenoxy) is 2. The van der Waals surface area contributed by atoms with Crippen molar-refractivity contribution in [3.63, 3.8) is 0 Å². The van der Waals surface area contributed by atoms with Crippen LogP contribution in [0.15, 0.2) is 12.4 Å². The van der Waals surface area contributed by atoms with Gasteiger partial charge < -0.3 is 9.47 Å². The van der Waals surface area contributed by atoms with E-state index < -0.39 is 0 Å². The summed E-state index contributed by atoms with van der Waals surface area (Å²) in [5.74, 6) is 12.9. The third kappa shape index (κ3) is 30.3. The highest BCUT2D eigenvalue weighted by Gasteiger charge is 2.20. The van der Waals surface area contributed by atoms with Gasteiger partial charge in [-0.2, -0.15) is 0 Å². The Morgan fingerprint density at radius 3 is 1.12 bits per heavy atom. The summed E-state index contributed by atoms with van der Waals surface area (Å²) < 4.78 is 11.5. The predicted molar refractivity (Wildman–Crippen MR) is 235 cm³/mol. The topological polar surface area (TPSA) is 78.4 Å². The molecule has 0 unspecified atom stereocenters. The Kier molecular flexibility index (Phi) is 35.6. The van der Waals surface area contributed by atoms with Gasteiger partial charge in [-0.05, 0) is 76.0 Å². The lowest BCUT2D eigenvalue weighted by molar-refractivity contribution is -0.150. The van der Waals surface area contributed by atoms with Crippen molar-refractivity contribution in [1.29, 1.82) is 0 Å². The zero-order valence-electron chi connectivity index (χ0n) is 36.9. The molecule has 0 amide bonds. The molecule has 0 saturated carbocycles. The van der Waals surface area contributed by atoms with Crippen LogP contribution in [0.25, 0.3) is 0 Å². The maximum atomic E-state index is 12.9. The molecule has 0 N–H and O–H groups in total. The molecular weight excluding hydrogens is 693 g/mol. The first kappa shape index (κ1) is 51.2. The van der Waals surface area contributed by atoms with Crippen molar-refractivity contribution >= 4 is 11.9 Å². The van der Waals surface area contributed by atoms with Gasteiger partial charge in [0.2, 0.25) is 0 Å². The summed E-state index contributed by atoms with van der Waals surface area (Å²) in [4.78, 5) is 34.6. The molecule has 1 aromatic rings. The number of carbonyl (C=O) groups is 2. The van der Waals surface area contributed by atoms with Gasteiger partial charge in [0.05, 0.1) is 37.4 Å². The van der Waals surface area contributed by atoms with Crippen LogP contribution < -0.4 is 0 Å². The van der Waals surface area contributed by atoms with E-state index in [1.165, 1.54) is 103 Å². The summed E-state index contributed by atoms with van der Waals surface area (Å²) >= 11 is 0. The summed E-state index contributed by atoms with van der Waals surface area (Å²) in [5.41, 5.74) is 1.28.